The van der Waals surface area contributed by atoms with E-state index in [-0.39, 0.29) is 6.10 Å². The summed E-state index contributed by atoms with van der Waals surface area (Å²) in [6.45, 7) is 0.565. The van der Waals surface area contributed by atoms with Crippen molar-refractivity contribution in [2.75, 3.05) is 0 Å². The average molecular weight is 353 g/mol. The van der Waals surface area contributed by atoms with Crippen molar-refractivity contribution < 1.29 is 4.74 Å². The molecule has 0 fully saturated rings. The molecule has 0 radical (unpaired) electrons. The van der Waals surface area contributed by atoms with Crippen molar-refractivity contribution in [2.45, 2.75) is 12.7 Å². The minimum absolute atomic E-state index is 0.0606. The van der Waals surface area contributed by atoms with Crippen LogP contribution in [0.1, 0.15) is 22.8 Å². The summed E-state index contributed by atoms with van der Waals surface area (Å²) >= 11 is 3.58. The van der Waals surface area contributed by atoms with E-state index >= 15 is 0 Å². The highest BCUT2D eigenvalue weighted by molar-refractivity contribution is 9.10. The van der Waals surface area contributed by atoms with Gasteiger partial charge < -0.3 is 4.74 Å². The first-order chi connectivity index (χ1) is 10.8. The number of hydrogen-bond acceptors (Lipinski definition) is 1. The van der Waals surface area contributed by atoms with Crippen LogP contribution < -0.4 is 0 Å². The smallest absolute Gasteiger partial charge is 0.108 e. The monoisotopic (exact) mass is 352 g/mol. The molecule has 22 heavy (non-hydrogen) atoms. The molecule has 0 aliphatic rings. The van der Waals surface area contributed by atoms with Gasteiger partial charge in [0.15, 0.2) is 0 Å². The molecule has 0 aliphatic carbocycles. The lowest BCUT2D eigenvalue weighted by atomic mass is 10.0. The van der Waals surface area contributed by atoms with Crippen molar-refractivity contribution in [3.05, 3.63) is 106 Å². The summed E-state index contributed by atoms with van der Waals surface area (Å²) in [5.41, 5.74) is 3.49. The van der Waals surface area contributed by atoms with Gasteiger partial charge in [-0.1, -0.05) is 94.8 Å². The van der Waals surface area contributed by atoms with Crippen LogP contribution in [0, 0.1) is 0 Å². The lowest BCUT2D eigenvalue weighted by molar-refractivity contribution is 0.0664. The molecular formula is C20H17BrO. The molecule has 3 aromatic carbocycles. The van der Waals surface area contributed by atoms with Crippen molar-refractivity contribution in [3.63, 3.8) is 0 Å². The van der Waals surface area contributed by atoms with Gasteiger partial charge in [0.1, 0.15) is 6.10 Å². The van der Waals surface area contributed by atoms with Crippen LogP contribution in [0.15, 0.2) is 89.4 Å². The Labute approximate surface area is 139 Å². The lowest BCUT2D eigenvalue weighted by Crippen LogP contribution is -2.06. The number of rotatable bonds is 5. The Morgan fingerprint density at radius 3 is 1.73 bits per heavy atom. The van der Waals surface area contributed by atoms with Crippen molar-refractivity contribution in [1.29, 1.82) is 0 Å². The van der Waals surface area contributed by atoms with Gasteiger partial charge in [-0.05, 0) is 22.8 Å². The fraction of sp³-hybridized carbons (Fsp3) is 0.100. The molecule has 0 atom stereocenters. The van der Waals surface area contributed by atoms with E-state index in [4.69, 9.17) is 4.74 Å². The van der Waals surface area contributed by atoms with Gasteiger partial charge in [0.25, 0.3) is 0 Å². The van der Waals surface area contributed by atoms with Crippen LogP contribution in [0.4, 0.5) is 0 Å². The molecule has 0 N–H and O–H groups in total. The molecule has 0 spiro atoms. The van der Waals surface area contributed by atoms with E-state index in [1.54, 1.807) is 0 Å². The molecule has 1 nitrogen and oxygen atoms in total. The normalized spacial score (nSPS) is 10.8. The Hall–Kier alpha value is -1.90. The Morgan fingerprint density at radius 2 is 1.18 bits per heavy atom. The summed E-state index contributed by atoms with van der Waals surface area (Å²) in [7, 11) is 0. The molecule has 3 rings (SSSR count). The summed E-state index contributed by atoms with van der Waals surface area (Å²) in [6.07, 6.45) is -0.0606. The zero-order valence-corrected chi connectivity index (χ0v) is 13.7. The van der Waals surface area contributed by atoms with E-state index < -0.39 is 0 Å². The predicted octanol–water partition coefficient (Wildman–Crippen LogP) is 5.76. The molecule has 3 aromatic rings. The molecular weight excluding hydrogens is 336 g/mol. The van der Waals surface area contributed by atoms with Gasteiger partial charge in [0.05, 0.1) is 6.61 Å². The average Bonchev–Trinajstić information content (AvgIpc) is 2.59. The van der Waals surface area contributed by atoms with Crippen molar-refractivity contribution >= 4 is 15.9 Å². The molecule has 0 amide bonds. The highest BCUT2D eigenvalue weighted by Crippen LogP contribution is 2.28. The van der Waals surface area contributed by atoms with Crippen LogP contribution in [0.5, 0.6) is 0 Å². The maximum absolute atomic E-state index is 6.25. The number of halogens is 1. The zero-order chi connectivity index (χ0) is 15.2. The Balaban J connectivity index is 1.85. The SMILES string of the molecule is Brc1ccccc1COC(c1ccccc1)c1ccccc1. The second-order valence-electron chi connectivity index (χ2n) is 5.10. The summed E-state index contributed by atoms with van der Waals surface area (Å²) in [6, 6.07) is 28.8. The van der Waals surface area contributed by atoms with E-state index in [9.17, 15) is 0 Å². The summed E-state index contributed by atoms with van der Waals surface area (Å²) in [5, 5.41) is 0. The van der Waals surface area contributed by atoms with Crippen molar-refractivity contribution in [1.82, 2.24) is 0 Å². The van der Waals surface area contributed by atoms with E-state index in [1.165, 1.54) is 11.1 Å². The fourth-order valence-corrected chi connectivity index (χ4v) is 2.83. The van der Waals surface area contributed by atoms with Crippen molar-refractivity contribution in [3.8, 4) is 0 Å². The third kappa shape index (κ3) is 3.65. The minimum Gasteiger partial charge on any atom is -0.364 e. The fourth-order valence-electron chi connectivity index (χ4n) is 2.43. The second-order valence-corrected chi connectivity index (χ2v) is 5.96. The summed E-state index contributed by atoms with van der Waals surface area (Å²) in [4.78, 5) is 0. The second kappa shape index (κ2) is 7.39. The van der Waals surface area contributed by atoms with Crippen LogP contribution in [0.25, 0.3) is 0 Å². The molecule has 0 aliphatic heterocycles. The van der Waals surface area contributed by atoms with Gasteiger partial charge in [-0.15, -0.1) is 0 Å². The first-order valence-corrected chi connectivity index (χ1v) is 8.09. The first-order valence-electron chi connectivity index (χ1n) is 7.29. The number of ether oxygens (including phenoxy) is 1. The Kier molecular flexibility index (Phi) is 5.04. The maximum Gasteiger partial charge on any atom is 0.108 e. The highest BCUT2D eigenvalue weighted by Gasteiger charge is 2.14. The minimum atomic E-state index is -0.0606. The third-order valence-electron chi connectivity index (χ3n) is 3.57. The van der Waals surface area contributed by atoms with Crippen LogP contribution in [0.2, 0.25) is 0 Å². The van der Waals surface area contributed by atoms with Gasteiger partial charge >= 0.3 is 0 Å². The molecule has 0 heterocycles. The topological polar surface area (TPSA) is 9.23 Å². The van der Waals surface area contributed by atoms with E-state index in [1.807, 2.05) is 54.6 Å². The quantitative estimate of drug-likeness (QED) is 0.567. The van der Waals surface area contributed by atoms with E-state index in [2.05, 4.69) is 46.3 Å². The largest absolute Gasteiger partial charge is 0.364 e. The third-order valence-corrected chi connectivity index (χ3v) is 4.34. The van der Waals surface area contributed by atoms with Gasteiger partial charge in [-0.3, -0.25) is 0 Å². The van der Waals surface area contributed by atoms with Crippen LogP contribution in [-0.4, -0.2) is 0 Å². The van der Waals surface area contributed by atoms with Crippen molar-refractivity contribution in [2.24, 2.45) is 0 Å². The Bertz CT molecular complexity index is 671. The molecule has 0 saturated carbocycles. The van der Waals surface area contributed by atoms with Gasteiger partial charge in [-0.25, -0.2) is 0 Å². The maximum atomic E-state index is 6.25. The first kappa shape index (κ1) is 15.0. The summed E-state index contributed by atoms with van der Waals surface area (Å²) < 4.78 is 7.33. The molecule has 110 valence electrons. The van der Waals surface area contributed by atoms with Crippen LogP contribution in [0.3, 0.4) is 0 Å². The molecule has 0 unspecified atom stereocenters. The predicted molar refractivity (Wildman–Crippen MR) is 93.7 cm³/mol. The highest BCUT2D eigenvalue weighted by atomic mass is 79.9. The van der Waals surface area contributed by atoms with E-state index in [0.717, 1.165) is 10.0 Å². The summed E-state index contributed by atoms with van der Waals surface area (Å²) in [5.74, 6) is 0. The van der Waals surface area contributed by atoms with Crippen LogP contribution in [-0.2, 0) is 11.3 Å². The lowest BCUT2D eigenvalue weighted by Gasteiger charge is -2.19. The zero-order valence-electron chi connectivity index (χ0n) is 12.2. The molecule has 0 aromatic heterocycles. The number of hydrogen-bond donors (Lipinski definition) is 0. The number of benzene rings is 3. The van der Waals surface area contributed by atoms with Crippen LogP contribution >= 0.6 is 15.9 Å². The Morgan fingerprint density at radius 1 is 0.682 bits per heavy atom. The molecule has 0 saturated heterocycles. The molecule has 2 heteroatoms. The van der Waals surface area contributed by atoms with E-state index in [0.29, 0.717) is 6.61 Å². The van der Waals surface area contributed by atoms with Gasteiger partial charge in [0, 0.05) is 4.47 Å². The molecule has 0 bridgehead atoms. The van der Waals surface area contributed by atoms with Gasteiger partial charge in [0.2, 0.25) is 0 Å². The standard InChI is InChI=1S/C20H17BrO/c21-19-14-8-7-13-18(19)15-22-20(16-9-3-1-4-10-16)17-11-5-2-6-12-17/h1-14,20H,15H2. The van der Waals surface area contributed by atoms with Gasteiger partial charge in [-0.2, -0.15) is 0 Å².